The van der Waals surface area contributed by atoms with E-state index in [0.717, 1.165) is 5.69 Å². The van der Waals surface area contributed by atoms with Crippen molar-refractivity contribution in [2.24, 2.45) is 13.0 Å². The summed E-state index contributed by atoms with van der Waals surface area (Å²) in [4.78, 5) is 12.1. The Balaban J connectivity index is 1.58. The Kier molecular flexibility index (Phi) is 3.90. The van der Waals surface area contributed by atoms with E-state index in [4.69, 9.17) is 0 Å². The third kappa shape index (κ3) is 3.42. The van der Waals surface area contributed by atoms with Gasteiger partial charge in [0.25, 0.3) is 0 Å². The van der Waals surface area contributed by atoms with Gasteiger partial charge in [-0.1, -0.05) is 30.3 Å². The Hall–Kier alpha value is -2.30. The molecule has 1 aromatic heterocycles. The van der Waals surface area contributed by atoms with Crippen molar-refractivity contribution in [2.45, 2.75) is 25.4 Å². The number of urea groups is 1. The van der Waals surface area contributed by atoms with Crippen LogP contribution in [-0.4, -0.2) is 15.8 Å². The lowest BCUT2D eigenvalue weighted by atomic mass is 10.0. The zero-order chi connectivity index (χ0) is 14.7. The van der Waals surface area contributed by atoms with Crippen LogP contribution in [0.5, 0.6) is 0 Å². The molecule has 0 bridgehead atoms. The Bertz CT molecular complexity index is 604. The van der Waals surface area contributed by atoms with Crippen molar-refractivity contribution in [2.75, 3.05) is 0 Å². The van der Waals surface area contributed by atoms with Gasteiger partial charge in [0.2, 0.25) is 0 Å². The van der Waals surface area contributed by atoms with Crippen LogP contribution in [0.3, 0.4) is 0 Å². The van der Waals surface area contributed by atoms with Crippen molar-refractivity contribution in [3.05, 3.63) is 53.9 Å². The van der Waals surface area contributed by atoms with Crippen LogP contribution in [0.15, 0.2) is 42.6 Å². The van der Waals surface area contributed by atoms with Crippen LogP contribution in [0, 0.1) is 5.92 Å². The van der Waals surface area contributed by atoms with Gasteiger partial charge >= 0.3 is 6.03 Å². The van der Waals surface area contributed by atoms with Gasteiger partial charge in [0, 0.05) is 13.2 Å². The number of nitrogens with one attached hydrogen (secondary N) is 2. The maximum absolute atomic E-state index is 12.1. The van der Waals surface area contributed by atoms with E-state index in [1.807, 2.05) is 31.3 Å². The fourth-order valence-electron chi connectivity index (χ4n) is 2.50. The lowest BCUT2D eigenvalue weighted by Gasteiger charge is -2.19. The first-order chi connectivity index (χ1) is 10.2. The van der Waals surface area contributed by atoms with Gasteiger partial charge in [-0.2, -0.15) is 5.10 Å². The zero-order valence-corrected chi connectivity index (χ0v) is 12.1. The first kappa shape index (κ1) is 13.7. The standard InChI is InChI=1S/C16H20N4O/c1-20-14(9-10-18-20)11-17-16(21)19-15(13-7-8-13)12-5-3-2-4-6-12/h2-6,9-10,13,15H,7-8,11H2,1H3,(H2,17,19,21). The van der Waals surface area contributed by atoms with Crippen molar-refractivity contribution >= 4 is 6.03 Å². The van der Waals surface area contributed by atoms with E-state index in [-0.39, 0.29) is 12.1 Å². The largest absolute Gasteiger partial charge is 0.333 e. The number of carbonyl (C=O) groups is 1. The fourth-order valence-corrected chi connectivity index (χ4v) is 2.50. The van der Waals surface area contributed by atoms with Gasteiger partial charge in [0.1, 0.15) is 0 Å². The monoisotopic (exact) mass is 284 g/mol. The molecule has 1 aromatic carbocycles. The average Bonchev–Trinajstić information content (AvgIpc) is 3.26. The molecule has 21 heavy (non-hydrogen) atoms. The number of hydrogen-bond donors (Lipinski definition) is 2. The maximum atomic E-state index is 12.1. The Morgan fingerprint density at radius 3 is 2.71 bits per heavy atom. The molecule has 1 fully saturated rings. The molecule has 0 radical (unpaired) electrons. The Morgan fingerprint density at radius 1 is 1.33 bits per heavy atom. The second kappa shape index (κ2) is 5.99. The second-order valence-corrected chi connectivity index (χ2v) is 5.50. The number of carbonyl (C=O) groups excluding carboxylic acids is 1. The highest BCUT2D eigenvalue weighted by Gasteiger charge is 2.33. The summed E-state index contributed by atoms with van der Waals surface area (Å²) in [6.45, 7) is 0.481. The van der Waals surface area contributed by atoms with E-state index in [1.54, 1.807) is 10.9 Å². The molecule has 1 heterocycles. The normalized spacial score (nSPS) is 15.5. The quantitative estimate of drug-likeness (QED) is 0.885. The SMILES string of the molecule is Cn1nccc1CNC(=O)NC(c1ccccc1)C1CC1. The molecular weight excluding hydrogens is 264 g/mol. The van der Waals surface area contributed by atoms with Crippen molar-refractivity contribution < 1.29 is 4.79 Å². The molecule has 1 atom stereocenters. The second-order valence-electron chi connectivity index (χ2n) is 5.50. The van der Waals surface area contributed by atoms with Gasteiger partial charge in [-0.25, -0.2) is 4.79 Å². The number of hydrogen-bond acceptors (Lipinski definition) is 2. The molecule has 2 N–H and O–H groups in total. The summed E-state index contributed by atoms with van der Waals surface area (Å²) in [5.41, 5.74) is 2.16. The van der Waals surface area contributed by atoms with Crippen LogP contribution in [0.2, 0.25) is 0 Å². The number of benzene rings is 1. The minimum Gasteiger partial charge on any atom is -0.333 e. The van der Waals surface area contributed by atoms with E-state index >= 15 is 0 Å². The van der Waals surface area contributed by atoms with Crippen LogP contribution >= 0.6 is 0 Å². The summed E-state index contributed by atoms with van der Waals surface area (Å²) < 4.78 is 1.76. The Morgan fingerprint density at radius 2 is 2.10 bits per heavy atom. The van der Waals surface area contributed by atoms with Gasteiger partial charge in [-0.3, -0.25) is 4.68 Å². The van der Waals surface area contributed by atoms with Crippen molar-refractivity contribution in [1.29, 1.82) is 0 Å². The molecule has 0 aliphatic heterocycles. The van der Waals surface area contributed by atoms with Gasteiger partial charge in [-0.15, -0.1) is 0 Å². The Labute approximate surface area is 124 Å². The highest BCUT2D eigenvalue weighted by Crippen LogP contribution is 2.40. The molecule has 0 saturated heterocycles. The molecule has 2 aromatic rings. The highest BCUT2D eigenvalue weighted by molar-refractivity contribution is 5.74. The third-order valence-electron chi connectivity index (χ3n) is 3.89. The van der Waals surface area contributed by atoms with Crippen LogP contribution in [0.1, 0.15) is 30.1 Å². The maximum Gasteiger partial charge on any atom is 0.315 e. The zero-order valence-electron chi connectivity index (χ0n) is 12.1. The van der Waals surface area contributed by atoms with E-state index in [9.17, 15) is 4.79 Å². The molecular formula is C16H20N4O. The summed E-state index contributed by atoms with van der Waals surface area (Å²) in [6, 6.07) is 12.1. The molecule has 1 unspecified atom stereocenters. The molecule has 5 heteroatoms. The van der Waals surface area contributed by atoms with Gasteiger partial charge in [-0.05, 0) is 30.4 Å². The van der Waals surface area contributed by atoms with Crippen LogP contribution < -0.4 is 10.6 Å². The highest BCUT2D eigenvalue weighted by atomic mass is 16.2. The number of amides is 2. The van der Waals surface area contributed by atoms with Crippen LogP contribution in [0.4, 0.5) is 4.79 Å². The number of nitrogens with zero attached hydrogens (tertiary/aromatic N) is 2. The van der Waals surface area contributed by atoms with E-state index in [1.165, 1.54) is 18.4 Å². The molecule has 0 spiro atoms. The number of aromatic nitrogens is 2. The predicted octanol–water partition coefficient (Wildman–Crippen LogP) is 2.37. The average molecular weight is 284 g/mol. The molecule has 1 aliphatic rings. The van der Waals surface area contributed by atoms with E-state index < -0.39 is 0 Å². The molecule has 3 rings (SSSR count). The molecule has 1 aliphatic carbocycles. The predicted molar refractivity (Wildman–Crippen MR) is 80.5 cm³/mol. The number of aryl methyl sites for hydroxylation is 1. The van der Waals surface area contributed by atoms with Gasteiger partial charge < -0.3 is 10.6 Å². The van der Waals surface area contributed by atoms with Crippen LogP contribution in [0.25, 0.3) is 0 Å². The lowest BCUT2D eigenvalue weighted by Crippen LogP contribution is -2.38. The molecule has 110 valence electrons. The van der Waals surface area contributed by atoms with Crippen molar-refractivity contribution in [3.8, 4) is 0 Å². The first-order valence-electron chi connectivity index (χ1n) is 7.30. The smallest absolute Gasteiger partial charge is 0.315 e. The number of rotatable bonds is 5. The van der Waals surface area contributed by atoms with Gasteiger partial charge in [0.05, 0.1) is 18.3 Å². The lowest BCUT2D eigenvalue weighted by molar-refractivity contribution is 0.235. The minimum atomic E-state index is -0.128. The first-order valence-corrected chi connectivity index (χ1v) is 7.30. The summed E-state index contributed by atoms with van der Waals surface area (Å²) in [5.74, 6) is 0.565. The topological polar surface area (TPSA) is 59.0 Å². The molecule has 1 saturated carbocycles. The molecule has 2 amide bonds. The fraction of sp³-hybridized carbons (Fsp3) is 0.375. The third-order valence-corrected chi connectivity index (χ3v) is 3.89. The van der Waals surface area contributed by atoms with E-state index in [0.29, 0.717) is 12.5 Å². The summed E-state index contributed by atoms with van der Waals surface area (Å²) >= 11 is 0. The summed E-state index contributed by atoms with van der Waals surface area (Å²) in [5, 5.41) is 10.1. The van der Waals surface area contributed by atoms with Gasteiger partial charge in [0.15, 0.2) is 0 Å². The van der Waals surface area contributed by atoms with Crippen LogP contribution in [-0.2, 0) is 13.6 Å². The van der Waals surface area contributed by atoms with E-state index in [2.05, 4.69) is 27.9 Å². The summed E-state index contributed by atoms with van der Waals surface area (Å²) in [7, 11) is 1.87. The summed E-state index contributed by atoms with van der Waals surface area (Å²) in [6.07, 6.45) is 4.09. The minimum absolute atomic E-state index is 0.109. The van der Waals surface area contributed by atoms with Crippen molar-refractivity contribution in [3.63, 3.8) is 0 Å². The molecule has 5 nitrogen and oxygen atoms in total. The van der Waals surface area contributed by atoms with Crippen molar-refractivity contribution in [1.82, 2.24) is 20.4 Å².